The smallest absolute Gasteiger partial charge is 0.0541 e. The van der Waals surface area contributed by atoms with E-state index in [1.165, 1.54) is 63.9 Å². The summed E-state index contributed by atoms with van der Waals surface area (Å²) in [7, 11) is 0. The molecule has 0 atom stereocenters. The van der Waals surface area contributed by atoms with Crippen molar-refractivity contribution in [3.05, 3.63) is 131 Å². The van der Waals surface area contributed by atoms with Gasteiger partial charge in [0.1, 0.15) is 0 Å². The molecule has 3 aromatic heterocycles. The third kappa shape index (κ3) is 3.35. The Balaban J connectivity index is 1.29. The number of allylic oxidation sites excluding steroid dienone is 2. The molecule has 8 aromatic rings. The van der Waals surface area contributed by atoms with Crippen LogP contribution in [0.4, 0.5) is 0 Å². The Morgan fingerprint density at radius 2 is 1.12 bits per heavy atom. The van der Waals surface area contributed by atoms with Crippen LogP contribution in [0.25, 0.3) is 77.7 Å². The molecule has 5 aromatic carbocycles. The lowest BCUT2D eigenvalue weighted by Crippen LogP contribution is -2.15. The predicted molar refractivity (Wildman–Crippen MR) is 175 cm³/mol. The first-order chi connectivity index (χ1) is 19.7. The number of hydrogen-bond acceptors (Lipinski definition) is 1. The van der Waals surface area contributed by atoms with Gasteiger partial charge >= 0.3 is 0 Å². The van der Waals surface area contributed by atoms with E-state index in [0.717, 1.165) is 10.9 Å². The van der Waals surface area contributed by atoms with Crippen LogP contribution in [0.5, 0.6) is 0 Å². The summed E-state index contributed by atoms with van der Waals surface area (Å²) in [4.78, 5) is 0. The average Bonchev–Trinajstić information content (AvgIpc) is 3.63. The van der Waals surface area contributed by atoms with Gasteiger partial charge in [0, 0.05) is 47.5 Å². The maximum atomic E-state index is 4.53. The minimum absolute atomic E-state index is 1.08. The molecule has 0 aliphatic carbocycles. The minimum atomic E-state index is 1.08. The molecule has 0 saturated heterocycles. The molecule has 0 fully saturated rings. The van der Waals surface area contributed by atoms with E-state index in [0.29, 0.717) is 0 Å². The van der Waals surface area contributed by atoms with Crippen molar-refractivity contribution in [1.29, 1.82) is 0 Å². The van der Waals surface area contributed by atoms with Gasteiger partial charge < -0.3 is 9.13 Å². The maximum absolute atomic E-state index is 4.53. The lowest BCUT2D eigenvalue weighted by atomic mass is 10.2. The van der Waals surface area contributed by atoms with Crippen LogP contribution in [0.1, 0.15) is 6.92 Å². The van der Waals surface area contributed by atoms with E-state index in [9.17, 15) is 0 Å². The Morgan fingerprint density at radius 1 is 0.625 bits per heavy atom. The van der Waals surface area contributed by atoms with Crippen molar-refractivity contribution in [2.24, 2.45) is 0 Å². The van der Waals surface area contributed by atoms with Gasteiger partial charge in [-0.15, -0.1) is 11.3 Å². The van der Waals surface area contributed by atoms with Gasteiger partial charge in [-0.25, -0.2) is 0 Å². The zero-order chi connectivity index (χ0) is 26.8. The summed E-state index contributed by atoms with van der Waals surface area (Å²) in [5, 5.41) is 7.40. The zero-order valence-electron chi connectivity index (χ0n) is 22.1. The standard InChI is InChI=1S/C37H26N2S/c1-24(38-32-15-7-3-11-27(32)28-12-4-8-16-33(28)38)19-21-36-25(2)31-23-26(20-22-37(31)40-36)39-34-17-9-5-13-29(34)30-14-6-10-18-35(30)39/h3-23H,2H2,1H3/b24-19+,36-21+. The first-order valence-electron chi connectivity index (χ1n) is 13.6. The van der Waals surface area contributed by atoms with Crippen LogP contribution < -0.4 is 9.75 Å². The molecule has 0 unspecified atom stereocenters. The molecule has 0 saturated carbocycles. The van der Waals surface area contributed by atoms with Crippen LogP contribution in [-0.4, -0.2) is 9.13 Å². The van der Waals surface area contributed by atoms with Crippen LogP contribution in [0.15, 0.2) is 121 Å². The van der Waals surface area contributed by atoms with Crippen molar-refractivity contribution >= 4 is 83.4 Å². The Morgan fingerprint density at radius 3 is 1.70 bits per heavy atom. The van der Waals surface area contributed by atoms with Gasteiger partial charge in [-0.2, -0.15) is 0 Å². The minimum Gasteiger partial charge on any atom is -0.313 e. The first-order valence-corrected chi connectivity index (χ1v) is 14.4. The molecule has 0 amide bonds. The van der Waals surface area contributed by atoms with Crippen LogP contribution in [0, 0.1) is 0 Å². The van der Waals surface area contributed by atoms with Crippen molar-refractivity contribution in [3.63, 3.8) is 0 Å². The van der Waals surface area contributed by atoms with Crippen molar-refractivity contribution in [2.75, 3.05) is 0 Å². The zero-order valence-corrected chi connectivity index (χ0v) is 23.0. The van der Waals surface area contributed by atoms with E-state index in [4.69, 9.17) is 0 Å². The molecule has 0 aliphatic heterocycles. The third-order valence-electron chi connectivity index (χ3n) is 8.05. The molecule has 0 spiro atoms. The van der Waals surface area contributed by atoms with Crippen LogP contribution >= 0.6 is 11.3 Å². The Hall–Kier alpha value is -4.86. The highest BCUT2D eigenvalue weighted by atomic mass is 32.1. The molecular formula is C37H26N2S. The highest BCUT2D eigenvalue weighted by molar-refractivity contribution is 7.17. The number of fused-ring (bicyclic) bond motifs is 7. The fraction of sp³-hybridized carbons (Fsp3) is 0.0270. The Bertz CT molecular complexity index is 2310. The van der Waals surface area contributed by atoms with Crippen LogP contribution in [0.2, 0.25) is 0 Å². The summed E-state index contributed by atoms with van der Waals surface area (Å²) < 4.78 is 7.17. The van der Waals surface area contributed by atoms with Crippen molar-refractivity contribution in [1.82, 2.24) is 9.13 Å². The predicted octanol–water partition coefficient (Wildman–Crippen LogP) is 8.86. The fourth-order valence-electron chi connectivity index (χ4n) is 6.20. The average molecular weight is 531 g/mol. The number of para-hydroxylation sites is 4. The molecule has 3 heteroatoms. The lowest BCUT2D eigenvalue weighted by molar-refractivity contribution is 1.19. The van der Waals surface area contributed by atoms with Crippen molar-refractivity contribution < 1.29 is 0 Å². The quantitative estimate of drug-likeness (QED) is 0.216. The summed E-state index contributed by atoms with van der Waals surface area (Å²) >= 11 is 1.80. The molecule has 2 nitrogen and oxygen atoms in total. The second-order valence-electron chi connectivity index (χ2n) is 10.3. The number of aromatic nitrogens is 2. The molecule has 190 valence electrons. The van der Waals surface area contributed by atoms with Gasteiger partial charge in [-0.1, -0.05) is 79.4 Å². The van der Waals surface area contributed by atoms with Gasteiger partial charge in [0.2, 0.25) is 0 Å². The molecule has 0 radical (unpaired) electrons. The fourth-order valence-corrected chi connectivity index (χ4v) is 7.24. The van der Waals surface area contributed by atoms with E-state index in [1.807, 2.05) is 0 Å². The second-order valence-corrected chi connectivity index (χ2v) is 11.4. The van der Waals surface area contributed by atoms with Gasteiger partial charge in [-0.05, 0) is 66.8 Å². The van der Waals surface area contributed by atoms with E-state index in [2.05, 4.69) is 150 Å². The Kier molecular flexibility index (Phi) is 5.10. The summed E-state index contributed by atoms with van der Waals surface area (Å²) in [6, 6.07) is 41.4. The molecular weight excluding hydrogens is 504 g/mol. The van der Waals surface area contributed by atoms with E-state index in [-0.39, 0.29) is 0 Å². The number of thiophene rings is 1. The van der Waals surface area contributed by atoms with Crippen LogP contribution in [0.3, 0.4) is 0 Å². The molecule has 8 rings (SSSR count). The molecule has 40 heavy (non-hydrogen) atoms. The molecule has 3 heterocycles. The molecule has 0 aliphatic rings. The van der Waals surface area contributed by atoms with Gasteiger partial charge in [0.15, 0.2) is 0 Å². The number of hydrogen-bond donors (Lipinski definition) is 0. The van der Waals surface area contributed by atoms with Crippen molar-refractivity contribution in [3.8, 4) is 5.69 Å². The summed E-state index contributed by atoms with van der Waals surface area (Å²) in [5.74, 6) is 0. The first kappa shape index (κ1) is 23.1. The largest absolute Gasteiger partial charge is 0.313 e. The van der Waals surface area contributed by atoms with Gasteiger partial charge in [0.05, 0.1) is 22.1 Å². The SMILES string of the molecule is C=c1/c(=C\C=C(/C)n2c3ccccc3c3ccccc32)sc2ccc(-n3c4ccccc4c4ccccc43)cc12. The highest BCUT2D eigenvalue weighted by Gasteiger charge is 2.13. The number of nitrogens with zero attached hydrogens (tertiary/aromatic N) is 2. The highest BCUT2D eigenvalue weighted by Crippen LogP contribution is 2.33. The number of benzene rings is 5. The van der Waals surface area contributed by atoms with E-state index >= 15 is 0 Å². The van der Waals surface area contributed by atoms with E-state index in [1.54, 1.807) is 11.3 Å². The normalized spacial score (nSPS) is 13.0. The van der Waals surface area contributed by atoms with Crippen LogP contribution in [-0.2, 0) is 0 Å². The number of rotatable bonds is 3. The van der Waals surface area contributed by atoms with Crippen molar-refractivity contribution in [2.45, 2.75) is 6.92 Å². The maximum Gasteiger partial charge on any atom is 0.0541 e. The molecule has 0 N–H and O–H groups in total. The Labute approximate surface area is 235 Å². The summed E-state index contributed by atoms with van der Waals surface area (Å²) in [6.07, 6.45) is 4.46. The van der Waals surface area contributed by atoms with Gasteiger partial charge in [0.25, 0.3) is 0 Å². The lowest BCUT2D eigenvalue weighted by Gasteiger charge is -2.08. The topological polar surface area (TPSA) is 9.86 Å². The van der Waals surface area contributed by atoms with Gasteiger partial charge in [-0.3, -0.25) is 0 Å². The molecule has 0 bridgehead atoms. The van der Waals surface area contributed by atoms with E-state index < -0.39 is 0 Å². The summed E-state index contributed by atoms with van der Waals surface area (Å²) in [5.41, 5.74) is 7.25. The summed E-state index contributed by atoms with van der Waals surface area (Å²) in [6.45, 7) is 6.72. The monoisotopic (exact) mass is 530 g/mol. The third-order valence-corrected chi connectivity index (χ3v) is 9.23. The second kappa shape index (κ2) is 8.84.